The highest BCUT2D eigenvalue weighted by Crippen LogP contribution is 2.28. The fraction of sp³-hybridized carbons (Fsp3) is 0.533. The predicted molar refractivity (Wildman–Crippen MR) is 79.9 cm³/mol. The van der Waals surface area contributed by atoms with Gasteiger partial charge in [-0.1, -0.05) is 18.9 Å². The molecule has 1 aromatic rings. The normalized spacial score (nSPS) is 17.8. The number of nitrogens with one attached hydrogen (secondary N) is 1. The van der Waals surface area contributed by atoms with Crippen molar-refractivity contribution in [2.45, 2.75) is 50.5 Å². The smallest absolute Gasteiger partial charge is 0.335 e. The lowest BCUT2D eigenvalue weighted by molar-refractivity contribution is 0.0696. The molecule has 116 valence electrons. The molecule has 2 N–H and O–H groups in total. The van der Waals surface area contributed by atoms with Crippen molar-refractivity contribution < 1.29 is 18.3 Å². The Kier molecular flexibility index (Phi) is 4.68. The molecule has 0 aliphatic heterocycles. The van der Waals surface area contributed by atoms with E-state index in [0.29, 0.717) is 11.5 Å². The summed E-state index contributed by atoms with van der Waals surface area (Å²) in [5, 5.41) is 9.10. The summed E-state index contributed by atoms with van der Waals surface area (Å²) in [7, 11) is -3.68. The van der Waals surface area contributed by atoms with Crippen molar-refractivity contribution >= 4 is 16.0 Å². The van der Waals surface area contributed by atoms with Gasteiger partial charge in [0, 0.05) is 6.04 Å². The third kappa shape index (κ3) is 3.63. The molecule has 1 fully saturated rings. The third-order valence-corrected chi connectivity index (χ3v) is 5.75. The summed E-state index contributed by atoms with van der Waals surface area (Å²) < 4.78 is 27.4. The molecular weight excluding hydrogens is 290 g/mol. The summed E-state index contributed by atoms with van der Waals surface area (Å²) in [6, 6.07) is 4.07. The maximum absolute atomic E-state index is 12.4. The van der Waals surface area contributed by atoms with Crippen LogP contribution in [-0.4, -0.2) is 25.5 Å². The Morgan fingerprint density at radius 2 is 1.95 bits per heavy atom. The van der Waals surface area contributed by atoms with Crippen molar-refractivity contribution in [3.63, 3.8) is 0 Å². The van der Waals surface area contributed by atoms with Crippen LogP contribution in [0.1, 0.15) is 48.5 Å². The molecule has 6 heteroatoms. The van der Waals surface area contributed by atoms with Crippen LogP contribution >= 0.6 is 0 Å². The van der Waals surface area contributed by atoms with Crippen molar-refractivity contribution in [1.82, 2.24) is 4.72 Å². The maximum Gasteiger partial charge on any atom is 0.335 e. The first-order valence-corrected chi connectivity index (χ1v) is 8.66. The summed E-state index contributed by atoms with van der Waals surface area (Å²) in [5.41, 5.74) is 0.566. The minimum absolute atomic E-state index is 0.00958. The van der Waals surface area contributed by atoms with Gasteiger partial charge in [-0.3, -0.25) is 0 Å². The monoisotopic (exact) mass is 311 g/mol. The van der Waals surface area contributed by atoms with E-state index in [-0.39, 0.29) is 16.5 Å². The lowest BCUT2D eigenvalue weighted by Crippen LogP contribution is -2.37. The Morgan fingerprint density at radius 3 is 2.52 bits per heavy atom. The molecule has 1 atom stereocenters. The molecule has 1 aromatic carbocycles. The predicted octanol–water partition coefficient (Wildman–Crippen LogP) is 2.55. The highest BCUT2D eigenvalue weighted by Gasteiger charge is 2.26. The van der Waals surface area contributed by atoms with Crippen molar-refractivity contribution in [1.29, 1.82) is 0 Å². The number of carboxylic acids is 1. The van der Waals surface area contributed by atoms with Gasteiger partial charge in [-0.2, -0.15) is 0 Å². The molecule has 0 unspecified atom stereocenters. The SMILES string of the molecule is Cc1ccc(S(=O)(=O)N[C@@H](C)C2CCCC2)cc1C(=O)O. The minimum Gasteiger partial charge on any atom is -0.478 e. The molecule has 0 amide bonds. The van der Waals surface area contributed by atoms with E-state index in [9.17, 15) is 13.2 Å². The largest absolute Gasteiger partial charge is 0.478 e. The zero-order valence-corrected chi connectivity index (χ0v) is 13.1. The molecule has 1 saturated carbocycles. The first kappa shape index (κ1) is 16.0. The lowest BCUT2D eigenvalue weighted by Gasteiger charge is -2.20. The highest BCUT2D eigenvalue weighted by atomic mass is 32.2. The second-order valence-corrected chi connectivity index (χ2v) is 7.45. The van der Waals surface area contributed by atoms with Gasteiger partial charge in [0.25, 0.3) is 0 Å². The van der Waals surface area contributed by atoms with Crippen LogP contribution < -0.4 is 4.72 Å². The quantitative estimate of drug-likeness (QED) is 0.875. The van der Waals surface area contributed by atoms with E-state index < -0.39 is 16.0 Å². The minimum atomic E-state index is -3.68. The van der Waals surface area contributed by atoms with Crippen LogP contribution in [0.5, 0.6) is 0 Å². The number of sulfonamides is 1. The van der Waals surface area contributed by atoms with Gasteiger partial charge in [-0.15, -0.1) is 0 Å². The van der Waals surface area contributed by atoms with E-state index in [2.05, 4.69) is 4.72 Å². The van der Waals surface area contributed by atoms with E-state index >= 15 is 0 Å². The Bertz CT molecular complexity index is 633. The van der Waals surface area contributed by atoms with Crippen LogP contribution in [0.15, 0.2) is 23.1 Å². The second kappa shape index (κ2) is 6.15. The third-order valence-electron chi connectivity index (χ3n) is 4.20. The Labute approximate surface area is 125 Å². The van der Waals surface area contributed by atoms with Gasteiger partial charge in [0.15, 0.2) is 0 Å². The van der Waals surface area contributed by atoms with Gasteiger partial charge in [0.1, 0.15) is 0 Å². The van der Waals surface area contributed by atoms with Crippen LogP contribution in [0, 0.1) is 12.8 Å². The van der Waals surface area contributed by atoms with Crippen LogP contribution in [-0.2, 0) is 10.0 Å². The number of aromatic carboxylic acids is 1. The van der Waals surface area contributed by atoms with Crippen molar-refractivity contribution in [2.24, 2.45) is 5.92 Å². The number of carboxylic acid groups (broad SMARTS) is 1. The van der Waals surface area contributed by atoms with E-state index in [0.717, 1.165) is 25.7 Å². The molecule has 5 nitrogen and oxygen atoms in total. The maximum atomic E-state index is 12.4. The molecule has 0 heterocycles. The molecule has 0 bridgehead atoms. The molecular formula is C15H21NO4S. The number of carbonyl (C=O) groups is 1. The van der Waals surface area contributed by atoms with Crippen molar-refractivity contribution in [3.05, 3.63) is 29.3 Å². The summed E-state index contributed by atoms with van der Waals surface area (Å²) >= 11 is 0. The van der Waals surface area contributed by atoms with Gasteiger partial charge in [0.2, 0.25) is 10.0 Å². The van der Waals surface area contributed by atoms with Crippen LogP contribution in [0.4, 0.5) is 0 Å². The zero-order valence-electron chi connectivity index (χ0n) is 12.3. The molecule has 0 saturated heterocycles. The fourth-order valence-corrected chi connectivity index (χ4v) is 4.20. The van der Waals surface area contributed by atoms with E-state index in [1.165, 1.54) is 18.2 Å². The van der Waals surface area contributed by atoms with Crippen LogP contribution in [0.3, 0.4) is 0 Å². The van der Waals surface area contributed by atoms with Gasteiger partial charge in [-0.05, 0) is 50.3 Å². The molecule has 1 aliphatic rings. The molecule has 2 rings (SSSR count). The van der Waals surface area contributed by atoms with Gasteiger partial charge in [0.05, 0.1) is 10.5 Å². The fourth-order valence-electron chi connectivity index (χ4n) is 2.87. The average Bonchev–Trinajstić information content (AvgIpc) is 2.92. The van der Waals surface area contributed by atoms with Gasteiger partial charge in [-0.25, -0.2) is 17.9 Å². The molecule has 0 radical (unpaired) electrons. The summed E-state index contributed by atoms with van der Waals surface area (Å²) in [5.74, 6) is -0.752. The number of hydrogen-bond acceptors (Lipinski definition) is 3. The zero-order chi connectivity index (χ0) is 15.6. The van der Waals surface area contributed by atoms with Gasteiger partial charge < -0.3 is 5.11 Å². The van der Waals surface area contributed by atoms with Crippen LogP contribution in [0.2, 0.25) is 0 Å². The van der Waals surface area contributed by atoms with E-state index in [1.807, 2.05) is 6.92 Å². The number of hydrogen-bond donors (Lipinski definition) is 2. The summed E-state index contributed by atoms with van der Waals surface area (Å²) in [6.45, 7) is 3.52. The lowest BCUT2D eigenvalue weighted by atomic mass is 10.0. The van der Waals surface area contributed by atoms with Crippen LogP contribution in [0.25, 0.3) is 0 Å². The second-order valence-electron chi connectivity index (χ2n) is 5.74. The summed E-state index contributed by atoms with van der Waals surface area (Å²) in [6.07, 6.45) is 4.37. The van der Waals surface area contributed by atoms with E-state index in [1.54, 1.807) is 6.92 Å². The number of benzene rings is 1. The molecule has 0 aromatic heterocycles. The summed E-state index contributed by atoms with van der Waals surface area (Å²) in [4.78, 5) is 11.1. The Hall–Kier alpha value is -1.40. The topological polar surface area (TPSA) is 83.5 Å². The number of aryl methyl sites for hydroxylation is 1. The first-order valence-electron chi connectivity index (χ1n) is 7.17. The number of rotatable bonds is 5. The molecule has 0 spiro atoms. The van der Waals surface area contributed by atoms with Crippen molar-refractivity contribution in [3.8, 4) is 0 Å². The highest BCUT2D eigenvalue weighted by molar-refractivity contribution is 7.89. The Balaban J connectivity index is 2.23. The molecule has 1 aliphatic carbocycles. The van der Waals surface area contributed by atoms with E-state index in [4.69, 9.17) is 5.11 Å². The molecule has 21 heavy (non-hydrogen) atoms. The Morgan fingerprint density at radius 1 is 1.33 bits per heavy atom. The van der Waals surface area contributed by atoms with Gasteiger partial charge >= 0.3 is 5.97 Å². The average molecular weight is 311 g/mol. The van der Waals surface area contributed by atoms with Crippen molar-refractivity contribution in [2.75, 3.05) is 0 Å². The first-order chi connectivity index (χ1) is 9.81. The standard InChI is InChI=1S/C15H21NO4S/c1-10-7-8-13(9-14(10)15(17)18)21(19,20)16-11(2)12-5-3-4-6-12/h7-9,11-12,16H,3-6H2,1-2H3,(H,17,18)/t11-/m0/s1.